The molecule has 1 heterocycles. The predicted octanol–water partition coefficient (Wildman–Crippen LogP) is 1.24. The smallest absolute Gasteiger partial charge is 0.322 e. The van der Waals surface area contributed by atoms with E-state index in [1.54, 1.807) is 6.07 Å². The van der Waals surface area contributed by atoms with E-state index in [1.807, 2.05) is 32.0 Å². The lowest BCUT2D eigenvalue weighted by Crippen LogP contribution is -3.28. The van der Waals surface area contributed by atoms with Crippen LogP contribution in [0.4, 0.5) is 18.9 Å². The van der Waals surface area contributed by atoms with Crippen LogP contribution in [-0.4, -0.2) is 38.6 Å². The van der Waals surface area contributed by atoms with Gasteiger partial charge >= 0.3 is 6.18 Å². The summed E-state index contributed by atoms with van der Waals surface area (Å²) in [6, 6.07) is 11.5. The third-order valence-electron chi connectivity index (χ3n) is 5.45. The molecule has 29 heavy (non-hydrogen) atoms. The topological polar surface area (TPSA) is 38.0 Å². The molecule has 1 saturated heterocycles. The highest BCUT2D eigenvalue weighted by molar-refractivity contribution is 5.92. The number of rotatable bonds is 5. The lowest BCUT2D eigenvalue weighted by atomic mass is 10.1. The number of quaternary nitrogens is 2. The molecule has 3 N–H and O–H groups in total. The summed E-state index contributed by atoms with van der Waals surface area (Å²) in [7, 11) is 0. The van der Waals surface area contributed by atoms with Crippen molar-refractivity contribution in [3.63, 3.8) is 0 Å². The molecule has 0 bridgehead atoms. The Morgan fingerprint density at radius 2 is 1.69 bits per heavy atom. The number of anilines is 1. The minimum Gasteiger partial charge on any atom is -0.322 e. The highest BCUT2D eigenvalue weighted by Crippen LogP contribution is 2.29. The summed E-state index contributed by atoms with van der Waals surface area (Å²) in [5, 5.41) is 3.00. The van der Waals surface area contributed by atoms with Crippen molar-refractivity contribution in [2.45, 2.75) is 26.6 Å². The Hall–Kier alpha value is -2.38. The standard InChI is InChI=1S/C22H26F3N3O/c1-16-6-7-17(2)20(12-16)26-21(29)15-28-10-8-27(9-11-28)14-18-4-3-5-19(13-18)22(23,24)25/h3-7,12-13H,8-11,14-15H2,1-2H3,(H,26,29)/p+2. The van der Waals surface area contributed by atoms with E-state index in [0.717, 1.165) is 49.1 Å². The first-order valence-corrected chi connectivity index (χ1v) is 9.91. The van der Waals surface area contributed by atoms with Crippen LogP contribution in [0.25, 0.3) is 0 Å². The molecule has 7 heteroatoms. The molecule has 4 nitrogen and oxygen atoms in total. The molecular weight excluding hydrogens is 379 g/mol. The van der Waals surface area contributed by atoms with Crippen LogP contribution in [0.2, 0.25) is 0 Å². The van der Waals surface area contributed by atoms with Crippen molar-refractivity contribution in [3.05, 3.63) is 64.7 Å². The van der Waals surface area contributed by atoms with Crippen LogP contribution < -0.4 is 15.1 Å². The van der Waals surface area contributed by atoms with Crippen molar-refractivity contribution >= 4 is 11.6 Å². The van der Waals surface area contributed by atoms with E-state index in [-0.39, 0.29) is 5.91 Å². The van der Waals surface area contributed by atoms with Gasteiger partial charge in [0.2, 0.25) is 0 Å². The lowest BCUT2D eigenvalue weighted by molar-refractivity contribution is -1.02. The van der Waals surface area contributed by atoms with Gasteiger partial charge in [-0.1, -0.05) is 24.3 Å². The summed E-state index contributed by atoms with van der Waals surface area (Å²) in [4.78, 5) is 14.9. The van der Waals surface area contributed by atoms with Gasteiger partial charge < -0.3 is 15.1 Å². The molecule has 0 unspecified atom stereocenters. The largest absolute Gasteiger partial charge is 0.416 e. The Morgan fingerprint density at radius 1 is 1.00 bits per heavy atom. The van der Waals surface area contributed by atoms with Gasteiger partial charge in [0, 0.05) is 11.3 Å². The summed E-state index contributed by atoms with van der Waals surface area (Å²) in [6.45, 7) is 8.27. The third-order valence-corrected chi connectivity index (χ3v) is 5.45. The van der Waals surface area contributed by atoms with Crippen molar-refractivity contribution in [2.24, 2.45) is 0 Å². The highest BCUT2D eigenvalue weighted by Gasteiger charge is 2.31. The molecule has 156 valence electrons. The normalized spacial score (nSPS) is 19.8. The van der Waals surface area contributed by atoms with Crippen molar-refractivity contribution in [1.29, 1.82) is 0 Å². The minimum atomic E-state index is -4.31. The molecule has 0 saturated carbocycles. The van der Waals surface area contributed by atoms with E-state index in [9.17, 15) is 18.0 Å². The number of benzene rings is 2. The fourth-order valence-corrected chi connectivity index (χ4v) is 3.75. The maximum absolute atomic E-state index is 12.9. The second-order valence-electron chi connectivity index (χ2n) is 7.92. The number of carbonyl (C=O) groups excluding carboxylic acids is 1. The van der Waals surface area contributed by atoms with E-state index >= 15 is 0 Å². The molecule has 1 aliphatic rings. The summed E-state index contributed by atoms with van der Waals surface area (Å²) in [6.07, 6.45) is -4.31. The minimum absolute atomic E-state index is 0.00460. The first-order chi connectivity index (χ1) is 13.7. The molecule has 0 atom stereocenters. The lowest BCUT2D eigenvalue weighted by Gasteiger charge is -2.29. The van der Waals surface area contributed by atoms with Crippen LogP contribution in [0.3, 0.4) is 0 Å². The number of aryl methyl sites for hydroxylation is 2. The number of nitrogens with one attached hydrogen (secondary N) is 3. The molecule has 1 aliphatic heterocycles. The number of alkyl halides is 3. The first-order valence-electron chi connectivity index (χ1n) is 9.91. The van der Waals surface area contributed by atoms with Crippen molar-refractivity contribution in [3.8, 4) is 0 Å². The number of hydrogen-bond acceptors (Lipinski definition) is 1. The Bertz CT molecular complexity index is 859. The van der Waals surface area contributed by atoms with Crippen molar-refractivity contribution < 1.29 is 27.8 Å². The highest BCUT2D eigenvalue weighted by atomic mass is 19.4. The van der Waals surface area contributed by atoms with Gasteiger partial charge in [-0.15, -0.1) is 0 Å². The number of amides is 1. The van der Waals surface area contributed by atoms with Gasteiger partial charge in [0.25, 0.3) is 5.91 Å². The van der Waals surface area contributed by atoms with Crippen molar-refractivity contribution in [1.82, 2.24) is 0 Å². The fraction of sp³-hybridized carbons (Fsp3) is 0.409. The zero-order chi connectivity index (χ0) is 21.0. The molecule has 2 aromatic carbocycles. The molecule has 3 rings (SSSR count). The second kappa shape index (κ2) is 8.97. The average Bonchev–Trinajstić information content (AvgIpc) is 2.66. The van der Waals surface area contributed by atoms with E-state index < -0.39 is 11.7 Å². The maximum Gasteiger partial charge on any atom is 0.416 e. The Morgan fingerprint density at radius 3 is 2.38 bits per heavy atom. The van der Waals surface area contributed by atoms with Gasteiger partial charge in [0.15, 0.2) is 6.54 Å². The molecule has 2 aromatic rings. The van der Waals surface area contributed by atoms with Crippen LogP contribution in [-0.2, 0) is 17.5 Å². The van der Waals surface area contributed by atoms with Crippen LogP contribution in [0.1, 0.15) is 22.3 Å². The molecule has 0 radical (unpaired) electrons. The number of halogens is 3. The predicted molar refractivity (Wildman–Crippen MR) is 106 cm³/mol. The molecular formula is C22H28F3N3O+2. The summed E-state index contributed by atoms with van der Waals surface area (Å²) >= 11 is 0. The Kier molecular flexibility index (Phi) is 6.59. The maximum atomic E-state index is 12.9. The van der Waals surface area contributed by atoms with Crippen molar-refractivity contribution in [2.75, 3.05) is 38.0 Å². The summed E-state index contributed by atoms with van der Waals surface area (Å²) in [5.41, 5.74) is 3.09. The van der Waals surface area contributed by atoms with Crippen LogP contribution in [0.15, 0.2) is 42.5 Å². The molecule has 0 aliphatic carbocycles. The van der Waals surface area contributed by atoms with Crippen LogP contribution in [0, 0.1) is 13.8 Å². The van der Waals surface area contributed by atoms with Gasteiger partial charge in [-0.05, 0) is 43.2 Å². The zero-order valence-electron chi connectivity index (χ0n) is 16.8. The van der Waals surface area contributed by atoms with Crippen LogP contribution >= 0.6 is 0 Å². The molecule has 0 aromatic heterocycles. The number of hydrogen-bond donors (Lipinski definition) is 3. The van der Waals surface area contributed by atoms with Gasteiger partial charge in [-0.2, -0.15) is 13.2 Å². The van der Waals surface area contributed by atoms with Gasteiger partial charge in [-0.3, -0.25) is 4.79 Å². The summed E-state index contributed by atoms with van der Waals surface area (Å²) in [5.74, 6) is -0.00460. The van der Waals surface area contributed by atoms with E-state index in [1.165, 1.54) is 21.9 Å². The Labute approximate surface area is 169 Å². The van der Waals surface area contributed by atoms with Gasteiger partial charge in [-0.25, -0.2) is 0 Å². The average molecular weight is 407 g/mol. The molecule has 1 amide bonds. The zero-order valence-corrected chi connectivity index (χ0v) is 16.8. The quantitative estimate of drug-likeness (QED) is 0.686. The molecule has 1 fully saturated rings. The molecule has 0 spiro atoms. The monoisotopic (exact) mass is 407 g/mol. The van der Waals surface area contributed by atoms with E-state index in [4.69, 9.17) is 0 Å². The first kappa shape index (κ1) is 21.3. The number of carbonyl (C=O) groups is 1. The summed E-state index contributed by atoms with van der Waals surface area (Å²) < 4.78 is 38.6. The van der Waals surface area contributed by atoms with Crippen LogP contribution in [0.5, 0.6) is 0 Å². The van der Waals surface area contributed by atoms with Gasteiger partial charge in [0.05, 0.1) is 5.56 Å². The number of piperazine rings is 1. The van der Waals surface area contributed by atoms with E-state index in [0.29, 0.717) is 18.7 Å². The Balaban J connectivity index is 1.48. The second-order valence-corrected chi connectivity index (χ2v) is 7.92. The SMILES string of the molecule is Cc1ccc(C)c(NC(=O)C[NH+]2CC[NH+](Cc3cccc(C(F)(F)F)c3)CC2)c1. The third kappa shape index (κ3) is 6.05. The van der Waals surface area contributed by atoms with E-state index in [2.05, 4.69) is 5.32 Å². The van der Waals surface area contributed by atoms with Gasteiger partial charge in [0.1, 0.15) is 32.7 Å². The fourth-order valence-electron chi connectivity index (χ4n) is 3.75.